The molecule has 6 heteroatoms. The standard InChI is InChI=1S/C19H22N2O2S2/c1-25(22,23)15-6-7-19-16(13-15)17(21-10-8-20-9-11-21)12-14-4-2-3-5-18(14)24-19/h2-7,13,17,20H,8-12H2,1H3. The van der Waals surface area contributed by atoms with Gasteiger partial charge < -0.3 is 5.32 Å². The van der Waals surface area contributed by atoms with Gasteiger partial charge in [-0.1, -0.05) is 30.0 Å². The molecule has 1 fully saturated rings. The quantitative estimate of drug-likeness (QED) is 0.876. The van der Waals surface area contributed by atoms with Crippen LogP contribution in [0.5, 0.6) is 0 Å². The van der Waals surface area contributed by atoms with Crippen molar-refractivity contribution in [3.63, 3.8) is 0 Å². The van der Waals surface area contributed by atoms with Crippen LogP contribution in [0.25, 0.3) is 0 Å². The van der Waals surface area contributed by atoms with E-state index in [1.165, 1.54) is 21.6 Å². The van der Waals surface area contributed by atoms with E-state index in [2.05, 4.69) is 34.5 Å². The fourth-order valence-corrected chi connectivity index (χ4v) is 5.41. The SMILES string of the molecule is CS(=O)(=O)c1ccc2c(c1)C(N1CCNCC1)Cc1ccccc1S2. The third kappa shape index (κ3) is 3.49. The van der Waals surface area contributed by atoms with Crippen molar-refractivity contribution in [2.24, 2.45) is 0 Å². The zero-order valence-corrected chi connectivity index (χ0v) is 15.9. The summed E-state index contributed by atoms with van der Waals surface area (Å²) in [6.07, 6.45) is 2.20. The monoisotopic (exact) mass is 374 g/mol. The molecule has 0 radical (unpaired) electrons. The summed E-state index contributed by atoms with van der Waals surface area (Å²) < 4.78 is 24.2. The minimum Gasteiger partial charge on any atom is -0.314 e. The molecule has 0 spiro atoms. The molecule has 2 aliphatic rings. The summed E-state index contributed by atoms with van der Waals surface area (Å²) in [4.78, 5) is 5.34. The number of benzene rings is 2. The maximum atomic E-state index is 12.1. The maximum Gasteiger partial charge on any atom is 0.175 e. The first-order valence-electron chi connectivity index (χ1n) is 8.57. The Kier molecular flexibility index (Phi) is 4.62. The van der Waals surface area contributed by atoms with Crippen molar-refractivity contribution in [3.05, 3.63) is 53.6 Å². The van der Waals surface area contributed by atoms with Crippen LogP contribution in [0.1, 0.15) is 17.2 Å². The topological polar surface area (TPSA) is 49.4 Å². The number of fused-ring (bicyclic) bond motifs is 2. The van der Waals surface area contributed by atoms with Gasteiger partial charge in [-0.15, -0.1) is 0 Å². The minimum absolute atomic E-state index is 0.218. The number of rotatable bonds is 2. The lowest BCUT2D eigenvalue weighted by Gasteiger charge is -2.35. The molecule has 2 aliphatic heterocycles. The van der Waals surface area contributed by atoms with Gasteiger partial charge in [0, 0.05) is 48.3 Å². The lowest BCUT2D eigenvalue weighted by atomic mass is 9.97. The van der Waals surface area contributed by atoms with E-state index in [0.29, 0.717) is 4.90 Å². The van der Waals surface area contributed by atoms with Gasteiger partial charge in [-0.25, -0.2) is 8.42 Å². The van der Waals surface area contributed by atoms with Gasteiger partial charge in [-0.2, -0.15) is 0 Å². The van der Waals surface area contributed by atoms with Gasteiger partial charge in [0.05, 0.1) is 4.90 Å². The van der Waals surface area contributed by atoms with Crippen LogP contribution in [0, 0.1) is 0 Å². The minimum atomic E-state index is -3.21. The third-order valence-corrected chi connectivity index (χ3v) is 7.29. The Morgan fingerprint density at radius 2 is 1.84 bits per heavy atom. The largest absolute Gasteiger partial charge is 0.314 e. The van der Waals surface area contributed by atoms with E-state index in [-0.39, 0.29) is 6.04 Å². The van der Waals surface area contributed by atoms with Crippen molar-refractivity contribution in [2.45, 2.75) is 27.1 Å². The van der Waals surface area contributed by atoms with Gasteiger partial charge in [-0.3, -0.25) is 4.90 Å². The molecule has 0 amide bonds. The predicted molar refractivity (Wildman–Crippen MR) is 101 cm³/mol. The number of sulfone groups is 1. The van der Waals surface area contributed by atoms with Crippen LogP contribution in [0.4, 0.5) is 0 Å². The van der Waals surface area contributed by atoms with Gasteiger partial charge >= 0.3 is 0 Å². The molecule has 1 atom stereocenters. The van der Waals surface area contributed by atoms with Gasteiger partial charge in [0.15, 0.2) is 9.84 Å². The van der Waals surface area contributed by atoms with E-state index >= 15 is 0 Å². The van der Waals surface area contributed by atoms with E-state index in [4.69, 9.17) is 0 Å². The van der Waals surface area contributed by atoms with Gasteiger partial charge in [0.1, 0.15) is 0 Å². The first-order valence-corrected chi connectivity index (χ1v) is 11.3. The molecule has 1 N–H and O–H groups in total. The summed E-state index contributed by atoms with van der Waals surface area (Å²) >= 11 is 1.75. The molecule has 2 heterocycles. The molecule has 4 nitrogen and oxygen atoms in total. The zero-order chi connectivity index (χ0) is 17.4. The summed E-state index contributed by atoms with van der Waals surface area (Å²) in [5, 5.41) is 3.41. The highest BCUT2D eigenvalue weighted by atomic mass is 32.2. The molecule has 1 saturated heterocycles. The number of nitrogens with zero attached hydrogens (tertiary/aromatic N) is 1. The highest BCUT2D eigenvalue weighted by molar-refractivity contribution is 7.99. The van der Waals surface area contributed by atoms with Crippen LogP contribution >= 0.6 is 11.8 Å². The van der Waals surface area contributed by atoms with Crippen LogP contribution in [-0.4, -0.2) is 45.8 Å². The average Bonchev–Trinajstić information content (AvgIpc) is 2.77. The summed E-state index contributed by atoms with van der Waals surface area (Å²) in [5.41, 5.74) is 2.49. The molecular weight excluding hydrogens is 352 g/mol. The van der Waals surface area contributed by atoms with Crippen LogP contribution in [0.15, 0.2) is 57.2 Å². The third-order valence-electron chi connectivity index (χ3n) is 4.97. The summed E-state index contributed by atoms with van der Waals surface area (Å²) in [5.74, 6) is 0. The number of piperazine rings is 1. The smallest absolute Gasteiger partial charge is 0.175 e. The second kappa shape index (κ2) is 6.76. The number of hydrogen-bond acceptors (Lipinski definition) is 5. The highest BCUT2D eigenvalue weighted by Gasteiger charge is 2.29. The number of nitrogens with one attached hydrogen (secondary N) is 1. The Bertz CT molecular complexity index is 890. The average molecular weight is 375 g/mol. The molecule has 1 unspecified atom stereocenters. The zero-order valence-electron chi connectivity index (χ0n) is 14.2. The van der Waals surface area contributed by atoms with Crippen LogP contribution < -0.4 is 5.32 Å². The molecule has 0 saturated carbocycles. The Balaban J connectivity index is 1.84. The Labute approximate surface area is 153 Å². The first-order chi connectivity index (χ1) is 12.0. The van der Waals surface area contributed by atoms with Crippen molar-refractivity contribution >= 4 is 21.6 Å². The van der Waals surface area contributed by atoms with Crippen LogP contribution in [-0.2, 0) is 16.3 Å². The molecule has 0 bridgehead atoms. The van der Waals surface area contributed by atoms with Crippen molar-refractivity contribution < 1.29 is 8.42 Å². The van der Waals surface area contributed by atoms with Crippen LogP contribution in [0.2, 0.25) is 0 Å². The lowest BCUT2D eigenvalue weighted by Crippen LogP contribution is -2.45. The van der Waals surface area contributed by atoms with Gasteiger partial charge in [-0.05, 0) is 41.8 Å². The molecular formula is C19H22N2O2S2. The molecule has 2 aromatic carbocycles. The summed E-state index contributed by atoms with van der Waals surface area (Å²) in [7, 11) is -3.21. The van der Waals surface area contributed by atoms with Crippen LogP contribution in [0.3, 0.4) is 0 Å². The molecule has 0 aromatic heterocycles. The lowest BCUT2D eigenvalue weighted by molar-refractivity contribution is 0.170. The fraction of sp³-hybridized carbons (Fsp3) is 0.368. The van der Waals surface area contributed by atoms with E-state index in [9.17, 15) is 8.42 Å². The van der Waals surface area contributed by atoms with Crippen molar-refractivity contribution in [1.29, 1.82) is 0 Å². The van der Waals surface area contributed by atoms with Gasteiger partial charge in [0.2, 0.25) is 0 Å². The van der Waals surface area contributed by atoms with Crippen molar-refractivity contribution in [1.82, 2.24) is 10.2 Å². The molecule has 132 valence electrons. The summed E-state index contributed by atoms with van der Waals surface area (Å²) in [6.45, 7) is 3.93. The molecule has 4 rings (SSSR count). The van der Waals surface area contributed by atoms with E-state index in [1.807, 2.05) is 12.1 Å². The van der Waals surface area contributed by atoms with Crippen molar-refractivity contribution in [2.75, 3.05) is 32.4 Å². The molecule has 0 aliphatic carbocycles. The Morgan fingerprint density at radius 1 is 1.08 bits per heavy atom. The number of hydrogen-bond donors (Lipinski definition) is 1. The van der Waals surface area contributed by atoms with Crippen molar-refractivity contribution in [3.8, 4) is 0 Å². The fourth-order valence-electron chi connectivity index (χ4n) is 3.64. The predicted octanol–water partition coefficient (Wildman–Crippen LogP) is 2.74. The molecule has 25 heavy (non-hydrogen) atoms. The van der Waals surface area contributed by atoms with E-state index in [0.717, 1.165) is 38.2 Å². The first kappa shape index (κ1) is 17.1. The Hall–Kier alpha value is -1.34. The maximum absolute atomic E-state index is 12.1. The van der Waals surface area contributed by atoms with Gasteiger partial charge in [0.25, 0.3) is 0 Å². The normalized spacial score (nSPS) is 21.2. The second-order valence-corrected chi connectivity index (χ2v) is 9.79. The second-order valence-electron chi connectivity index (χ2n) is 6.69. The highest BCUT2D eigenvalue weighted by Crippen LogP contribution is 2.43. The van der Waals surface area contributed by atoms with E-state index < -0.39 is 9.84 Å². The van der Waals surface area contributed by atoms with E-state index in [1.54, 1.807) is 17.8 Å². The summed E-state index contributed by atoms with van der Waals surface area (Å²) in [6, 6.07) is 14.4. The molecule has 2 aromatic rings. The Morgan fingerprint density at radius 3 is 2.60 bits per heavy atom.